The van der Waals surface area contributed by atoms with E-state index in [0.29, 0.717) is 24.1 Å². The number of hydrogen-bond donors (Lipinski definition) is 2. The highest BCUT2D eigenvalue weighted by atomic mass is 16.4. The molecule has 3 aromatic rings. The second-order valence-corrected chi connectivity index (χ2v) is 5.80. The standard InChI is InChI=1S/C19H20N2O4/c22-16(14-6-2-1-3-7-14)10-12-20-18(23)11-13-21-15-8-4-5-9-17(15)25-19(21)24/h1-9,16,22H,10-13H2,(H,20,23). The molecule has 1 atom stereocenters. The van der Waals surface area contributed by atoms with Crippen LogP contribution in [0.4, 0.5) is 0 Å². The fourth-order valence-electron chi connectivity index (χ4n) is 2.72. The molecule has 1 amide bonds. The number of aliphatic hydroxyl groups is 1. The lowest BCUT2D eigenvalue weighted by Crippen LogP contribution is -2.27. The van der Waals surface area contributed by atoms with Gasteiger partial charge in [-0.25, -0.2) is 4.79 Å². The van der Waals surface area contributed by atoms with Crippen LogP contribution < -0.4 is 11.1 Å². The van der Waals surface area contributed by atoms with Crippen LogP contribution in [0.3, 0.4) is 0 Å². The molecule has 0 bridgehead atoms. The fourth-order valence-corrected chi connectivity index (χ4v) is 2.72. The number of aromatic nitrogens is 1. The molecule has 25 heavy (non-hydrogen) atoms. The average Bonchev–Trinajstić information content (AvgIpc) is 2.95. The van der Waals surface area contributed by atoms with Crippen molar-refractivity contribution in [1.29, 1.82) is 0 Å². The Kier molecular flexibility index (Phi) is 5.30. The summed E-state index contributed by atoms with van der Waals surface area (Å²) in [5.41, 5.74) is 2.02. The van der Waals surface area contributed by atoms with Gasteiger partial charge in [0.05, 0.1) is 11.6 Å². The third-order valence-corrected chi connectivity index (χ3v) is 4.06. The molecule has 2 N–H and O–H groups in total. The van der Waals surface area contributed by atoms with Gasteiger partial charge in [-0.3, -0.25) is 9.36 Å². The van der Waals surface area contributed by atoms with Crippen LogP contribution in [0.1, 0.15) is 24.5 Å². The van der Waals surface area contributed by atoms with Crippen LogP contribution in [0, 0.1) is 0 Å². The van der Waals surface area contributed by atoms with Crippen LogP contribution in [0.2, 0.25) is 0 Å². The van der Waals surface area contributed by atoms with Crippen LogP contribution in [0.5, 0.6) is 0 Å². The van der Waals surface area contributed by atoms with Gasteiger partial charge in [0.2, 0.25) is 5.91 Å². The highest BCUT2D eigenvalue weighted by Gasteiger charge is 2.11. The number of hydrogen-bond acceptors (Lipinski definition) is 4. The molecule has 1 unspecified atom stereocenters. The van der Waals surface area contributed by atoms with Gasteiger partial charge in [0.25, 0.3) is 0 Å². The third-order valence-electron chi connectivity index (χ3n) is 4.06. The highest BCUT2D eigenvalue weighted by molar-refractivity contribution is 5.76. The normalized spacial score (nSPS) is 12.2. The molecule has 0 spiro atoms. The van der Waals surface area contributed by atoms with Crippen molar-refractivity contribution in [2.75, 3.05) is 6.54 Å². The van der Waals surface area contributed by atoms with Crippen molar-refractivity contribution in [2.45, 2.75) is 25.5 Å². The summed E-state index contributed by atoms with van der Waals surface area (Å²) in [6.07, 6.45) is -0.00296. The van der Waals surface area contributed by atoms with Crippen molar-refractivity contribution in [3.63, 3.8) is 0 Å². The second-order valence-electron chi connectivity index (χ2n) is 5.80. The first-order chi connectivity index (χ1) is 12.1. The molecule has 0 aliphatic rings. The minimum absolute atomic E-state index is 0.169. The van der Waals surface area contributed by atoms with E-state index < -0.39 is 11.9 Å². The number of carbonyl (C=O) groups excluding carboxylic acids is 1. The number of oxazole rings is 1. The van der Waals surface area contributed by atoms with E-state index in [1.807, 2.05) is 36.4 Å². The number of rotatable bonds is 7. The quantitative estimate of drug-likeness (QED) is 0.691. The summed E-state index contributed by atoms with van der Waals surface area (Å²) in [6.45, 7) is 0.624. The molecule has 3 rings (SSSR count). The third kappa shape index (κ3) is 4.16. The minimum atomic E-state index is -0.609. The SMILES string of the molecule is O=C(CCn1c(=O)oc2ccccc21)NCCC(O)c1ccccc1. The van der Waals surface area contributed by atoms with Crippen LogP contribution in [0.15, 0.2) is 63.8 Å². The molecule has 1 heterocycles. The number of aryl methyl sites for hydroxylation is 1. The number of nitrogens with one attached hydrogen (secondary N) is 1. The smallest absolute Gasteiger partial charge is 0.408 e. The Labute approximate surface area is 144 Å². The van der Waals surface area contributed by atoms with Gasteiger partial charge in [0.1, 0.15) is 0 Å². The van der Waals surface area contributed by atoms with Crippen LogP contribution in [0.25, 0.3) is 11.1 Å². The van der Waals surface area contributed by atoms with Crippen molar-refractivity contribution in [1.82, 2.24) is 9.88 Å². The lowest BCUT2D eigenvalue weighted by molar-refractivity contribution is -0.121. The van der Waals surface area contributed by atoms with E-state index in [1.54, 1.807) is 18.2 Å². The zero-order chi connectivity index (χ0) is 17.6. The van der Waals surface area contributed by atoms with Crippen molar-refractivity contribution in [3.05, 3.63) is 70.7 Å². The predicted octanol–water partition coefficient (Wildman–Crippen LogP) is 2.22. The van der Waals surface area contributed by atoms with Crippen LogP contribution >= 0.6 is 0 Å². The van der Waals surface area contributed by atoms with E-state index in [0.717, 1.165) is 5.56 Å². The first-order valence-electron chi connectivity index (χ1n) is 8.23. The number of amides is 1. The Morgan fingerprint density at radius 3 is 2.64 bits per heavy atom. The summed E-state index contributed by atoms with van der Waals surface area (Å²) < 4.78 is 6.59. The monoisotopic (exact) mass is 340 g/mol. The minimum Gasteiger partial charge on any atom is -0.408 e. The fraction of sp³-hybridized carbons (Fsp3) is 0.263. The number of benzene rings is 2. The van der Waals surface area contributed by atoms with Crippen LogP contribution in [-0.2, 0) is 11.3 Å². The highest BCUT2D eigenvalue weighted by Crippen LogP contribution is 2.15. The molecule has 0 fully saturated rings. The molecule has 6 heteroatoms. The largest absolute Gasteiger partial charge is 0.419 e. The number of carbonyl (C=O) groups is 1. The lowest BCUT2D eigenvalue weighted by Gasteiger charge is -2.11. The summed E-state index contributed by atoms with van der Waals surface area (Å²) >= 11 is 0. The van der Waals surface area contributed by atoms with Gasteiger partial charge in [-0.2, -0.15) is 0 Å². The van der Waals surface area contributed by atoms with E-state index in [4.69, 9.17) is 4.42 Å². The van der Waals surface area contributed by atoms with Crippen LogP contribution in [-0.4, -0.2) is 22.1 Å². The zero-order valence-corrected chi connectivity index (χ0v) is 13.7. The molecule has 0 saturated heterocycles. The summed E-state index contributed by atoms with van der Waals surface area (Å²) in [5, 5.41) is 12.8. The van der Waals surface area contributed by atoms with E-state index in [1.165, 1.54) is 4.57 Å². The predicted molar refractivity (Wildman–Crippen MR) is 94.1 cm³/mol. The number of para-hydroxylation sites is 2. The van der Waals surface area contributed by atoms with E-state index >= 15 is 0 Å². The van der Waals surface area contributed by atoms with Crippen molar-refractivity contribution in [3.8, 4) is 0 Å². The van der Waals surface area contributed by atoms with Gasteiger partial charge in [0.15, 0.2) is 5.58 Å². The molecule has 0 saturated carbocycles. The average molecular weight is 340 g/mol. The first-order valence-corrected chi connectivity index (χ1v) is 8.23. The Morgan fingerprint density at radius 2 is 1.84 bits per heavy atom. The molecule has 0 radical (unpaired) electrons. The number of aliphatic hydroxyl groups excluding tert-OH is 1. The molecule has 0 aliphatic heterocycles. The molecular weight excluding hydrogens is 320 g/mol. The summed E-state index contributed by atoms with van der Waals surface area (Å²) in [6, 6.07) is 16.4. The van der Waals surface area contributed by atoms with Crippen molar-refractivity contribution in [2.24, 2.45) is 0 Å². The lowest BCUT2D eigenvalue weighted by atomic mass is 10.1. The van der Waals surface area contributed by atoms with E-state index in [2.05, 4.69) is 5.32 Å². The van der Waals surface area contributed by atoms with Gasteiger partial charge < -0.3 is 14.8 Å². The van der Waals surface area contributed by atoms with E-state index in [9.17, 15) is 14.7 Å². The van der Waals surface area contributed by atoms with Gasteiger partial charge in [0, 0.05) is 19.5 Å². The molecular formula is C19H20N2O4. The van der Waals surface area contributed by atoms with Gasteiger partial charge in [-0.05, 0) is 24.1 Å². The molecule has 6 nitrogen and oxygen atoms in total. The maximum absolute atomic E-state index is 12.0. The molecule has 130 valence electrons. The van der Waals surface area contributed by atoms with Crippen molar-refractivity contribution < 1.29 is 14.3 Å². The van der Waals surface area contributed by atoms with Crippen molar-refractivity contribution >= 4 is 17.0 Å². The molecule has 0 aliphatic carbocycles. The second kappa shape index (κ2) is 7.81. The maximum atomic E-state index is 12.0. The summed E-state index contributed by atoms with van der Waals surface area (Å²) in [5.74, 6) is -0.633. The Balaban J connectivity index is 1.48. The number of nitrogens with zero attached hydrogens (tertiary/aromatic N) is 1. The zero-order valence-electron chi connectivity index (χ0n) is 13.7. The Morgan fingerprint density at radius 1 is 1.12 bits per heavy atom. The van der Waals surface area contributed by atoms with E-state index in [-0.39, 0.29) is 18.9 Å². The molecule has 1 aromatic heterocycles. The van der Waals surface area contributed by atoms with Gasteiger partial charge in [-0.15, -0.1) is 0 Å². The summed E-state index contributed by atoms with van der Waals surface area (Å²) in [7, 11) is 0. The Bertz CT molecular complexity index is 898. The topological polar surface area (TPSA) is 84.5 Å². The maximum Gasteiger partial charge on any atom is 0.419 e. The van der Waals surface area contributed by atoms with Gasteiger partial charge in [-0.1, -0.05) is 42.5 Å². The first kappa shape index (κ1) is 17.0. The summed E-state index contributed by atoms with van der Waals surface area (Å²) in [4.78, 5) is 23.8. The van der Waals surface area contributed by atoms with Gasteiger partial charge >= 0.3 is 5.76 Å². The number of fused-ring (bicyclic) bond motifs is 1. The molecule has 2 aromatic carbocycles. The Hall–Kier alpha value is -2.86.